The van der Waals surface area contributed by atoms with Crippen LogP contribution in [0.5, 0.6) is 5.75 Å². The maximum Gasteiger partial charge on any atom is 0.262 e. The van der Waals surface area contributed by atoms with Crippen LogP contribution < -0.4 is 9.64 Å². The molecule has 4 rings (SSSR count). The second-order valence-electron chi connectivity index (χ2n) is 7.14. The van der Waals surface area contributed by atoms with E-state index in [1.807, 2.05) is 66.7 Å². The van der Waals surface area contributed by atoms with Crippen LogP contribution in [-0.2, 0) is 4.79 Å². The van der Waals surface area contributed by atoms with Gasteiger partial charge >= 0.3 is 0 Å². The summed E-state index contributed by atoms with van der Waals surface area (Å²) >= 11 is 3.49. The monoisotopic (exact) mass is 473 g/mol. The molecule has 0 unspecified atom stereocenters. The van der Waals surface area contributed by atoms with Gasteiger partial charge in [0.2, 0.25) is 0 Å². The molecule has 0 radical (unpaired) electrons. The van der Waals surface area contributed by atoms with E-state index < -0.39 is 0 Å². The number of rotatable bonds is 5. The molecule has 154 valence electrons. The van der Waals surface area contributed by atoms with Crippen LogP contribution in [0.3, 0.4) is 0 Å². The fourth-order valence-electron chi connectivity index (χ4n) is 3.51. The van der Waals surface area contributed by atoms with Crippen molar-refractivity contribution in [1.82, 2.24) is 0 Å². The first-order valence-electron chi connectivity index (χ1n) is 9.76. The summed E-state index contributed by atoms with van der Waals surface area (Å²) in [6.07, 6.45) is 3.74. The van der Waals surface area contributed by atoms with E-state index in [9.17, 15) is 9.59 Å². The van der Waals surface area contributed by atoms with E-state index in [1.54, 1.807) is 30.2 Å². The molecule has 0 fully saturated rings. The van der Waals surface area contributed by atoms with Gasteiger partial charge in [0.15, 0.2) is 5.78 Å². The van der Waals surface area contributed by atoms with E-state index in [2.05, 4.69) is 15.9 Å². The molecule has 0 saturated carbocycles. The molecule has 0 atom stereocenters. The minimum Gasteiger partial charge on any atom is -0.496 e. The summed E-state index contributed by atoms with van der Waals surface area (Å²) in [5.74, 6) is 0.534. The molecule has 4 nitrogen and oxygen atoms in total. The quantitative estimate of drug-likeness (QED) is 0.330. The first-order chi connectivity index (χ1) is 15.0. The number of anilines is 1. The molecule has 0 N–H and O–H groups in total. The van der Waals surface area contributed by atoms with Crippen LogP contribution in [0, 0.1) is 0 Å². The minimum absolute atomic E-state index is 0.0439. The molecule has 1 aliphatic rings. The van der Waals surface area contributed by atoms with Crippen LogP contribution in [0.1, 0.15) is 28.4 Å². The molecule has 0 spiro atoms. The van der Waals surface area contributed by atoms with Gasteiger partial charge in [0.25, 0.3) is 5.91 Å². The van der Waals surface area contributed by atoms with Gasteiger partial charge < -0.3 is 4.74 Å². The van der Waals surface area contributed by atoms with Gasteiger partial charge in [0, 0.05) is 16.8 Å². The van der Waals surface area contributed by atoms with E-state index >= 15 is 0 Å². The molecular weight excluding hydrogens is 454 g/mol. The molecule has 0 aromatic heterocycles. The Labute approximate surface area is 189 Å². The van der Waals surface area contributed by atoms with Crippen molar-refractivity contribution in [2.75, 3.05) is 12.0 Å². The van der Waals surface area contributed by atoms with Gasteiger partial charge in [-0.3, -0.25) is 14.5 Å². The molecular formula is C26H20BrNO3. The van der Waals surface area contributed by atoms with Crippen molar-refractivity contribution in [3.8, 4) is 5.75 Å². The molecule has 5 heteroatoms. The Balaban J connectivity index is 1.81. The van der Waals surface area contributed by atoms with Crippen LogP contribution in [0.15, 0.2) is 88.9 Å². The SMILES string of the molecule is COc1ccc(/C=C2\C=C(c3ccccc3)N(c3cccc(C(C)=O)c3)C2=O)cc1Br. The summed E-state index contributed by atoms with van der Waals surface area (Å²) in [5, 5.41) is 0. The second-order valence-corrected chi connectivity index (χ2v) is 7.99. The first kappa shape index (κ1) is 20.8. The average Bonchev–Trinajstić information content (AvgIpc) is 3.10. The molecule has 0 saturated heterocycles. The van der Waals surface area contributed by atoms with Crippen LogP contribution >= 0.6 is 15.9 Å². The minimum atomic E-state index is -0.147. The number of nitrogens with zero attached hydrogens (tertiary/aromatic N) is 1. The predicted octanol–water partition coefficient (Wildman–Crippen LogP) is 6.13. The number of halogens is 1. The lowest BCUT2D eigenvalue weighted by molar-refractivity contribution is -0.113. The highest BCUT2D eigenvalue weighted by Crippen LogP contribution is 2.36. The maximum absolute atomic E-state index is 13.5. The van der Waals surface area contributed by atoms with Crippen molar-refractivity contribution >= 4 is 45.1 Å². The zero-order valence-corrected chi connectivity index (χ0v) is 18.7. The standard InChI is InChI=1S/C26H20BrNO3/c1-17(29)20-9-6-10-22(15-20)28-24(19-7-4-3-5-8-19)16-21(26(28)30)13-18-11-12-25(31-2)23(27)14-18/h3-16H,1-2H3/b21-13+. The Morgan fingerprint density at radius 2 is 1.77 bits per heavy atom. The largest absolute Gasteiger partial charge is 0.496 e. The predicted molar refractivity (Wildman–Crippen MR) is 127 cm³/mol. The molecule has 0 aliphatic carbocycles. The third kappa shape index (κ3) is 4.23. The summed E-state index contributed by atoms with van der Waals surface area (Å²) in [7, 11) is 1.61. The fourth-order valence-corrected chi connectivity index (χ4v) is 4.07. The number of hydrogen-bond donors (Lipinski definition) is 0. The summed E-state index contributed by atoms with van der Waals surface area (Å²) < 4.78 is 6.10. The second kappa shape index (κ2) is 8.74. The average molecular weight is 474 g/mol. The van der Waals surface area contributed by atoms with Gasteiger partial charge in [-0.05, 0) is 70.4 Å². The van der Waals surface area contributed by atoms with E-state index in [0.717, 1.165) is 27.0 Å². The number of ketones is 1. The molecule has 1 heterocycles. The Bertz CT molecular complexity index is 1230. The highest BCUT2D eigenvalue weighted by atomic mass is 79.9. The lowest BCUT2D eigenvalue weighted by atomic mass is 10.1. The van der Waals surface area contributed by atoms with Crippen molar-refractivity contribution in [3.05, 3.63) is 106 Å². The van der Waals surface area contributed by atoms with Crippen LogP contribution in [0.4, 0.5) is 5.69 Å². The highest BCUT2D eigenvalue weighted by molar-refractivity contribution is 9.10. The number of hydrogen-bond acceptors (Lipinski definition) is 3. The van der Waals surface area contributed by atoms with Crippen molar-refractivity contribution in [2.24, 2.45) is 0 Å². The van der Waals surface area contributed by atoms with E-state index in [1.165, 1.54) is 6.92 Å². The molecule has 1 aliphatic heterocycles. The van der Waals surface area contributed by atoms with Gasteiger partial charge in [-0.1, -0.05) is 48.5 Å². The van der Waals surface area contributed by atoms with E-state index in [0.29, 0.717) is 16.8 Å². The lowest BCUT2D eigenvalue weighted by Gasteiger charge is -2.21. The number of methoxy groups -OCH3 is 1. The summed E-state index contributed by atoms with van der Waals surface area (Å²) in [6.45, 7) is 1.52. The maximum atomic E-state index is 13.5. The summed E-state index contributed by atoms with van der Waals surface area (Å²) in [5.41, 5.74) is 4.35. The smallest absolute Gasteiger partial charge is 0.262 e. The van der Waals surface area contributed by atoms with Gasteiger partial charge in [-0.25, -0.2) is 0 Å². The summed E-state index contributed by atoms with van der Waals surface area (Å²) in [6, 6.07) is 22.6. The number of ether oxygens (including phenoxy) is 1. The van der Waals surface area contributed by atoms with Crippen LogP contribution in [-0.4, -0.2) is 18.8 Å². The lowest BCUT2D eigenvalue weighted by Crippen LogP contribution is -2.25. The van der Waals surface area contributed by atoms with Crippen molar-refractivity contribution in [2.45, 2.75) is 6.92 Å². The third-order valence-corrected chi connectivity index (χ3v) is 5.68. The zero-order valence-electron chi connectivity index (χ0n) is 17.1. The topological polar surface area (TPSA) is 46.6 Å². The van der Waals surface area contributed by atoms with E-state index in [-0.39, 0.29) is 11.7 Å². The molecule has 0 bridgehead atoms. The Morgan fingerprint density at radius 1 is 1.00 bits per heavy atom. The van der Waals surface area contributed by atoms with Gasteiger partial charge in [0.1, 0.15) is 5.75 Å². The van der Waals surface area contributed by atoms with Gasteiger partial charge in [-0.15, -0.1) is 0 Å². The van der Waals surface area contributed by atoms with Crippen molar-refractivity contribution in [3.63, 3.8) is 0 Å². The van der Waals surface area contributed by atoms with Crippen molar-refractivity contribution in [1.29, 1.82) is 0 Å². The zero-order chi connectivity index (χ0) is 22.0. The first-order valence-corrected chi connectivity index (χ1v) is 10.5. The number of benzene rings is 3. The molecule has 31 heavy (non-hydrogen) atoms. The van der Waals surface area contributed by atoms with E-state index in [4.69, 9.17) is 4.74 Å². The Kier molecular flexibility index (Phi) is 5.87. The van der Waals surface area contributed by atoms with Crippen LogP contribution in [0.2, 0.25) is 0 Å². The number of carbonyl (C=O) groups is 2. The Morgan fingerprint density at radius 3 is 2.45 bits per heavy atom. The van der Waals surface area contributed by atoms with Crippen LogP contribution in [0.25, 0.3) is 11.8 Å². The number of carbonyl (C=O) groups excluding carboxylic acids is 2. The fraction of sp³-hybridized carbons (Fsp3) is 0.0769. The number of Topliss-reactive ketones (excluding diaryl/α,β-unsaturated/α-hetero) is 1. The molecule has 3 aromatic carbocycles. The summed E-state index contributed by atoms with van der Waals surface area (Å²) in [4.78, 5) is 27.0. The number of amides is 1. The molecule has 3 aromatic rings. The highest BCUT2D eigenvalue weighted by Gasteiger charge is 2.30. The normalized spacial score (nSPS) is 14.7. The van der Waals surface area contributed by atoms with Gasteiger partial charge in [0.05, 0.1) is 17.3 Å². The third-order valence-electron chi connectivity index (χ3n) is 5.06. The van der Waals surface area contributed by atoms with Crippen molar-refractivity contribution < 1.29 is 14.3 Å². The molecule has 1 amide bonds. The Hall–Kier alpha value is -3.44. The van der Waals surface area contributed by atoms with Gasteiger partial charge in [-0.2, -0.15) is 0 Å².